The molecule has 32 heavy (non-hydrogen) atoms. The summed E-state index contributed by atoms with van der Waals surface area (Å²) in [6.45, 7) is 2.75. The first-order valence-corrected chi connectivity index (χ1v) is 10.9. The molecule has 7 nitrogen and oxygen atoms in total. The van der Waals surface area contributed by atoms with Crippen molar-refractivity contribution in [3.8, 4) is 0 Å². The van der Waals surface area contributed by atoms with Crippen LogP contribution in [0.4, 0.5) is 13.2 Å². The molecule has 0 radical (unpaired) electrons. The highest BCUT2D eigenvalue weighted by Crippen LogP contribution is 2.37. The molecule has 0 aromatic carbocycles. The van der Waals surface area contributed by atoms with Crippen molar-refractivity contribution in [1.82, 2.24) is 9.88 Å². The number of piperidine rings is 1. The predicted octanol–water partition coefficient (Wildman–Crippen LogP) is 3.76. The Balaban J connectivity index is 0.000000360. The van der Waals surface area contributed by atoms with Crippen LogP contribution in [0.3, 0.4) is 0 Å². The quantitative estimate of drug-likeness (QED) is 0.729. The van der Waals surface area contributed by atoms with Crippen LogP contribution in [0, 0.1) is 0 Å². The molecular weight excluding hydrogens is 449 g/mol. The molecule has 0 saturated carbocycles. The highest BCUT2D eigenvalue weighted by molar-refractivity contribution is 7.08. The molecule has 0 aliphatic carbocycles. The van der Waals surface area contributed by atoms with E-state index in [0.717, 1.165) is 43.5 Å². The molecule has 11 heteroatoms. The van der Waals surface area contributed by atoms with Gasteiger partial charge in [-0.1, -0.05) is 0 Å². The van der Waals surface area contributed by atoms with E-state index in [9.17, 15) is 18.0 Å². The van der Waals surface area contributed by atoms with Crippen LogP contribution >= 0.6 is 11.3 Å². The van der Waals surface area contributed by atoms with Crippen molar-refractivity contribution < 1.29 is 37.3 Å². The molecule has 174 valence electrons. The average Bonchev–Trinajstić information content (AvgIpc) is 3.44. The van der Waals surface area contributed by atoms with Crippen LogP contribution in [-0.4, -0.2) is 64.4 Å². The predicted molar refractivity (Wildman–Crippen MR) is 109 cm³/mol. The number of carbonyl (C=O) groups excluding carboxylic acids is 1. The Labute approximate surface area is 186 Å². The van der Waals surface area contributed by atoms with E-state index in [1.165, 1.54) is 0 Å². The Morgan fingerprint density at radius 1 is 1.25 bits per heavy atom. The van der Waals surface area contributed by atoms with Gasteiger partial charge in [0.05, 0.1) is 30.5 Å². The number of carbonyl (C=O) groups is 2. The van der Waals surface area contributed by atoms with E-state index in [1.807, 2.05) is 33.9 Å². The van der Waals surface area contributed by atoms with E-state index in [2.05, 4.69) is 4.98 Å². The number of amides is 1. The van der Waals surface area contributed by atoms with Crippen LogP contribution in [0.5, 0.6) is 0 Å². The van der Waals surface area contributed by atoms with E-state index in [1.54, 1.807) is 23.7 Å². The molecule has 2 fully saturated rings. The second-order valence-corrected chi connectivity index (χ2v) is 8.37. The fourth-order valence-electron chi connectivity index (χ4n) is 3.64. The summed E-state index contributed by atoms with van der Waals surface area (Å²) < 4.78 is 43.9. The molecule has 2 aromatic rings. The van der Waals surface area contributed by atoms with Gasteiger partial charge in [0.15, 0.2) is 0 Å². The summed E-state index contributed by atoms with van der Waals surface area (Å²) in [6.07, 6.45) is 1.30. The number of halogens is 3. The highest BCUT2D eigenvalue weighted by atomic mass is 32.1. The van der Waals surface area contributed by atoms with Crippen molar-refractivity contribution in [2.75, 3.05) is 19.7 Å². The number of hydrogen-bond donors (Lipinski definition) is 1. The van der Waals surface area contributed by atoms with Crippen molar-refractivity contribution in [1.29, 1.82) is 0 Å². The lowest BCUT2D eigenvalue weighted by molar-refractivity contribution is -0.192. The van der Waals surface area contributed by atoms with E-state index >= 15 is 0 Å². The van der Waals surface area contributed by atoms with Gasteiger partial charge >= 0.3 is 12.1 Å². The lowest BCUT2D eigenvalue weighted by Gasteiger charge is -2.38. The third-order valence-corrected chi connectivity index (χ3v) is 6.07. The molecule has 1 spiro atoms. The van der Waals surface area contributed by atoms with Gasteiger partial charge < -0.3 is 19.5 Å². The first-order chi connectivity index (χ1) is 15.2. The van der Waals surface area contributed by atoms with Crippen LogP contribution in [0.2, 0.25) is 0 Å². The van der Waals surface area contributed by atoms with Gasteiger partial charge in [-0.2, -0.15) is 24.5 Å². The molecular formula is C21H23F3N2O5S. The summed E-state index contributed by atoms with van der Waals surface area (Å²) in [4.78, 5) is 27.3. The number of alkyl halides is 3. The zero-order valence-corrected chi connectivity index (χ0v) is 17.9. The van der Waals surface area contributed by atoms with Crippen molar-refractivity contribution in [3.63, 3.8) is 0 Å². The first-order valence-electron chi connectivity index (χ1n) is 9.95. The summed E-state index contributed by atoms with van der Waals surface area (Å²) in [5, 5.41) is 11.0. The summed E-state index contributed by atoms with van der Waals surface area (Å²) in [5.41, 5.74) is 1.81. The number of aliphatic carboxylic acids is 1. The van der Waals surface area contributed by atoms with E-state index < -0.39 is 12.1 Å². The number of hydrogen-bond acceptors (Lipinski definition) is 6. The zero-order valence-electron chi connectivity index (χ0n) is 17.1. The van der Waals surface area contributed by atoms with Crippen molar-refractivity contribution in [2.45, 2.75) is 43.8 Å². The number of ether oxygens (including phenoxy) is 2. The monoisotopic (exact) mass is 472 g/mol. The average molecular weight is 472 g/mol. The Morgan fingerprint density at radius 3 is 2.47 bits per heavy atom. The molecule has 4 rings (SSSR count). The maximum absolute atomic E-state index is 12.4. The lowest BCUT2D eigenvalue weighted by atomic mass is 9.88. The largest absolute Gasteiger partial charge is 0.490 e. The number of rotatable bonds is 4. The molecule has 2 saturated heterocycles. The molecule has 2 aliphatic rings. The lowest BCUT2D eigenvalue weighted by Crippen LogP contribution is -2.46. The summed E-state index contributed by atoms with van der Waals surface area (Å²) in [7, 11) is 0. The standard InChI is InChI=1S/C19H22N2O3S.C2HF3O2/c22-18(16-3-10-25-14-16)21-8-4-19(5-9-21)11-17(13-24-19)23-12-15-1-6-20-7-2-15;3-2(4,5)1(6)7/h1-3,6-7,10,14,17H,4-5,8-9,11-13H2;(H,6,7). The van der Waals surface area contributed by atoms with E-state index in [-0.39, 0.29) is 17.6 Å². The number of carboxylic acid groups (broad SMARTS) is 1. The number of thiophene rings is 1. The van der Waals surface area contributed by atoms with Gasteiger partial charge in [0.2, 0.25) is 0 Å². The minimum atomic E-state index is -5.08. The number of likely N-dealkylation sites (tertiary alicyclic amines) is 1. The highest BCUT2D eigenvalue weighted by Gasteiger charge is 2.44. The first kappa shape index (κ1) is 24.1. The third kappa shape index (κ3) is 6.50. The van der Waals surface area contributed by atoms with Gasteiger partial charge in [-0.3, -0.25) is 9.78 Å². The van der Waals surface area contributed by atoms with Gasteiger partial charge in [-0.05, 0) is 42.0 Å². The molecule has 1 unspecified atom stereocenters. The fraction of sp³-hybridized carbons (Fsp3) is 0.476. The summed E-state index contributed by atoms with van der Waals surface area (Å²) in [5.74, 6) is -2.62. The molecule has 1 atom stereocenters. The van der Waals surface area contributed by atoms with Gasteiger partial charge in [0.25, 0.3) is 5.91 Å². The van der Waals surface area contributed by atoms with Crippen LogP contribution in [0.1, 0.15) is 35.2 Å². The SMILES string of the molecule is O=C(O)C(F)(F)F.O=C(c1ccsc1)N1CCC2(CC1)CC(OCc1ccncc1)CO2. The van der Waals surface area contributed by atoms with Crippen LogP contribution in [0.25, 0.3) is 0 Å². The van der Waals surface area contributed by atoms with Crippen molar-refractivity contribution >= 4 is 23.2 Å². The maximum Gasteiger partial charge on any atom is 0.490 e. The Kier molecular flexibility index (Phi) is 7.86. The van der Waals surface area contributed by atoms with Gasteiger partial charge in [-0.15, -0.1) is 0 Å². The summed E-state index contributed by atoms with van der Waals surface area (Å²) >= 11 is 1.56. The molecule has 4 heterocycles. The normalized spacial score (nSPS) is 20.0. The van der Waals surface area contributed by atoms with Crippen LogP contribution < -0.4 is 0 Å². The Bertz CT molecular complexity index is 885. The molecule has 1 amide bonds. The number of carboxylic acids is 1. The third-order valence-electron chi connectivity index (χ3n) is 5.38. The zero-order chi connectivity index (χ0) is 23.2. The minimum Gasteiger partial charge on any atom is -0.475 e. The smallest absolute Gasteiger partial charge is 0.475 e. The van der Waals surface area contributed by atoms with Crippen LogP contribution in [0.15, 0.2) is 41.4 Å². The van der Waals surface area contributed by atoms with E-state index in [0.29, 0.717) is 13.2 Å². The maximum atomic E-state index is 12.4. The Hall–Kier alpha value is -2.50. The number of pyridine rings is 1. The minimum absolute atomic E-state index is 0.117. The topological polar surface area (TPSA) is 89.0 Å². The van der Waals surface area contributed by atoms with Gasteiger partial charge in [0.1, 0.15) is 0 Å². The molecule has 2 aliphatic heterocycles. The number of aromatic nitrogens is 1. The number of nitrogens with zero attached hydrogens (tertiary/aromatic N) is 2. The fourth-order valence-corrected chi connectivity index (χ4v) is 4.27. The second-order valence-electron chi connectivity index (χ2n) is 7.59. The van der Waals surface area contributed by atoms with Gasteiger partial charge in [-0.25, -0.2) is 4.79 Å². The van der Waals surface area contributed by atoms with Crippen molar-refractivity contribution in [3.05, 3.63) is 52.5 Å². The molecule has 2 aromatic heterocycles. The second kappa shape index (κ2) is 10.4. The molecule has 0 bridgehead atoms. The van der Waals surface area contributed by atoms with Crippen LogP contribution in [-0.2, 0) is 20.9 Å². The molecule has 1 N–H and O–H groups in total. The Morgan fingerprint density at radius 2 is 1.91 bits per heavy atom. The summed E-state index contributed by atoms with van der Waals surface area (Å²) in [6, 6.07) is 5.84. The van der Waals surface area contributed by atoms with E-state index in [4.69, 9.17) is 19.4 Å². The van der Waals surface area contributed by atoms with Gasteiger partial charge in [0, 0.05) is 37.3 Å². The van der Waals surface area contributed by atoms with Crippen molar-refractivity contribution in [2.24, 2.45) is 0 Å².